The number of esters is 1. The molecule has 5 nitrogen and oxygen atoms in total. The number of ether oxygens (including phenoxy) is 1. The summed E-state index contributed by atoms with van der Waals surface area (Å²) in [5.74, 6) is -0.0315. The predicted molar refractivity (Wildman–Crippen MR) is 72.8 cm³/mol. The predicted octanol–water partition coefficient (Wildman–Crippen LogP) is 1.84. The van der Waals surface area contributed by atoms with Gasteiger partial charge in [0.05, 0.1) is 5.52 Å². The van der Waals surface area contributed by atoms with Crippen molar-refractivity contribution in [3.63, 3.8) is 0 Å². The average Bonchev–Trinajstić information content (AvgIpc) is 2.79. The molecule has 1 aliphatic heterocycles. The van der Waals surface area contributed by atoms with Crippen molar-refractivity contribution in [2.24, 2.45) is 0 Å². The Labute approximate surface area is 113 Å². The van der Waals surface area contributed by atoms with Crippen molar-refractivity contribution in [3.05, 3.63) is 64.6 Å². The van der Waals surface area contributed by atoms with Crippen LogP contribution >= 0.6 is 0 Å². The highest BCUT2D eigenvalue weighted by Crippen LogP contribution is 2.33. The van der Waals surface area contributed by atoms with Gasteiger partial charge >= 0.3 is 11.7 Å². The smallest absolute Gasteiger partial charge is 0.339 e. The van der Waals surface area contributed by atoms with Crippen LogP contribution in [0.5, 0.6) is 5.75 Å². The zero-order chi connectivity index (χ0) is 13.7. The monoisotopic (exact) mass is 266 g/mol. The molecule has 2 heterocycles. The van der Waals surface area contributed by atoms with E-state index >= 15 is 0 Å². The fourth-order valence-electron chi connectivity index (χ4n) is 2.67. The molecule has 0 fully saturated rings. The van der Waals surface area contributed by atoms with Crippen molar-refractivity contribution in [3.8, 4) is 5.75 Å². The highest BCUT2D eigenvalue weighted by atomic mass is 16.5. The molecule has 1 N–H and O–H groups in total. The van der Waals surface area contributed by atoms with Gasteiger partial charge < -0.3 is 9.72 Å². The van der Waals surface area contributed by atoms with Crippen LogP contribution in [0.1, 0.15) is 11.6 Å². The molecular weight excluding hydrogens is 256 g/mol. The largest absolute Gasteiger partial charge is 0.422 e. The molecule has 0 saturated carbocycles. The van der Waals surface area contributed by atoms with Crippen LogP contribution in [0.3, 0.4) is 0 Å². The number of hydrogen-bond acceptors (Lipinski definition) is 3. The highest BCUT2D eigenvalue weighted by Gasteiger charge is 2.33. The quantitative estimate of drug-likeness (QED) is 0.540. The molecule has 1 atom stereocenters. The van der Waals surface area contributed by atoms with Crippen LogP contribution in [0.25, 0.3) is 11.0 Å². The van der Waals surface area contributed by atoms with E-state index in [9.17, 15) is 9.59 Å². The first-order valence-corrected chi connectivity index (χ1v) is 6.25. The van der Waals surface area contributed by atoms with E-state index in [1.165, 1.54) is 4.57 Å². The van der Waals surface area contributed by atoms with E-state index < -0.39 is 12.0 Å². The van der Waals surface area contributed by atoms with Gasteiger partial charge in [-0.2, -0.15) is 0 Å². The standard InChI is InChI=1S/C15H10N2O3/c18-14-12(9-5-2-1-3-6-9)17-13-10(16-15(17)19)7-4-8-11(13)20-14/h1-8,12H,(H,16,19). The van der Waals surface area contributed by atoms with E-state index in [4.69, 9.17) is 4.74 Å². The Morgan fingerprint density at radius 1 is 1.00 bits per heavy atom. The van der Waals surface area contributed by atoms with Crippen molar-refractivity contribution >= 4 is 17.0 Å². The van der Waals surface area contributed by atoms with Gasteiger partial charge in [0, 0.05) is 0 Å². The summed E-state index contributed by atoms with van der Waals surface area (Å²) in [6, 6.07) is 13.6. The lowest BCUT2D eigenvalue weighted by Gasteiger charge is -2.23. The first-order chi connectivity index (χ1) is 9.75. The second-order valence-corrected chi connectivity index (χ2v) is 4.69. The number of benzene rings is 2. The molecule has 20 heavy (non-hydrogen) atoms. The van der Waals surface area contributed by atoms with Crippen molar-refractivity contribution in [2.45, 2.75) is 6.04 Å². The van der Waals surface area contributed by atoms with Crippen LogP contribution < -0.4 is 10.4 Å². The third-order valence-electron chi connectivity index (χ3n) is 3.51. The molecule has 0 radical (unpaired) electrons. The number of nitrogens with zero attached hydrogens (tertiary/aromatic N) is 1. The molecule has 5 heteroatoms. The Bertz CT molecular complexity index is 877. The van der Waals surface area contributed by atoms with E-state index in [2.05, 4.69) is 4.98 Å². The van der Waals surface area contributed by atoms with Gasteiger partial charge in [0.1, 0.15) is 5.52 Å². The molecule has 3 aromatic rings. The summed E-state index contributed by atoms with van der Waals surface area (Å²) in [5, 5.41) is 0. The van der Waals surface area contributed by atoms with E-state index in [-0.39, 0.29) is 5.69 Å². The molecule has 0 bridgehead atoms. The summed E-state index contributed by atoms with van der Waals surface area (Å²) >= 11 is 0. The lowest BCUT2D eigenvalue weighted by Crippen LogP contribution is -2.34. The van der Waals surface area contributed by atoms with E-state index in [1.54, 1.807) is 18.2 Å². The van der Waals surface area contributed by atoms with Gasteiger partial charge in [0.15, 0.2) is 11.8 Å². The highest BCUT2D eigenvalue weighted by molar-refractivity contribution is 5.92. The topological polar surface area (TPSA) is 64.1 Å². The minimum atomic E-state index is -0.743. The normalized spacial score (nSPS) is 17.2. The van der Waals surface area contributed by atoms with Crippen molar-refractivity contribution in [2.75, 3.05) is 0 Å². The maximum Gasteiger partial charge on any atom is 0.339 e. The van der Waals surface area contributed by atoms with E-state index in [0.717, 1.165) is 5.56 Å². The zero-order valence-corrected chi connectivity index (χ0v) is 10.4. The van der Waals surface area contributed by atoms with Gasteiger partial charge in [-0.25, -0.2) is 9.59 Å². The number of aromatic nitrogens is 2. The summed E-state index contributed by atoms with van der Waals surface area (Å²) in [4.78, 5) is 27.2. The number of hydrogen-bond donors (Lipinski definition) is 1. The molecule has 0 amide bonds. The number of para-hydroxylation sites is 1. The molecule has 1 unspecified atom stereocenters. The molecule has 0 saturated heterocycles. The Morgan fingerprint density at radius 3 is 2.60 bits per heavy atom. The van der Waals surface area contributed by atoms with Crippen molar-refractivity contribution < 1.29 is 9.53 Å². The van der Waals surface area contributed by atoms with Crippen molar-refractivity contribution in [1.29, 1.82) is 0 Å². The van der Waals surface area contributed by atoms with Gasteiger partial charge in [-0.1, -0.05) is 36.4 Å². The fourth-order valence-corrected chi connectivity index (χ4v) is 2.67. The molecule has 0 aliphatic carbocycles. The third kappa shape index (κ3) is 1.37. The minimum Gasteiger partial charge on any atom is -0.422 e. The molecule has 98 valence electrons. The maximum atomic E-state index is 12.3. The van der Waals surface area contributed by atoms with Gasteiger partial charge in [0.2, 0.25) is 0 Å². The summed E-state index contributed by atoms with van der Waals surface area (Å²) in [5.41, 5.74) is 1.72. The minimum absolute atomic E-state index is 0.307. The molecule has 1 aliphatic rings. The Balaban J connectivity index is 2.08. The van der Waals surface area contributed by atoms with Gasteiger partial charge in [-0.05, 0) is 17.7 Å². The van der Waals surface area contributed by atoms with Crippen LogP contribution in [0.15, 0.2) is 53.3 Å². The number of nitrogens with one attached hydrogen (secondary N) is 1. The number of carbonyl (C=O) groups excluding carboxylic acids is 1. The lowest BCUT2D eigenvalue weighted by atomic mass is 10.1. The van der Waals surface area contributed by atoms with Crippen LogP contribution in [0.2, 0.25) is 0 Å². The third-order valence-corrected chi connectivity index (χ3v) is 3.51. The van der Waals surface area contributed by atoms with Gasteiger partial charge in [0.25, 0.3) is 0 Å². The second kappa shape index (κ2) is 3.84. The summed E-state index contributed by atoms with van der Waals surface area (Å²) < 4.78 is 6.83. The van der Waals surface area contributed by atoms with Gasteiger partial charge in [-0.15, -0.1) is 0 Å². The van der Waals surface area contributed by atoms with E-state index in [1.807, 2.05) is 30.3 Å². The Morgan fingerprint density at radius 2 is 1.80 bits per heavy atom. The summed E-state index contributed by atoms with van der Waals surface area (Å²) in [7, 11) is 0. The first kappa shape index (κ1) is 11.0. The van der Waals surface area contributed by atoms with Crippen LogP contribution in [0, 0.1) is 0 Å². The van der Waals surface area contributed by atoms with Crippen LogP contribution in [0.4, 0.5) is 0 Å². The van der Waals surface area contributed by atoms with Gasteiger partial charge in [-0.3, -0.25) is 4.57 Å². The average molecular weight is 266 g/mol. The maximum absolute atomic E-state index is 12.3. The van der Waals surface area contributed by atoms with Crippen LogP contribution in [-0.4, -0.2) is 15.5 Å². The Hall–Kier alpha value is -2.82. The lowest BCUT2D eigenvalue weighted by molar-refractivity contribution is -0.137. The number of carbonyl (C=O) groups is 1. The fraction of sp³-hybridized carbons (Fsp3) is 0.0667. The molecule has 2 aromatic carbocycles. The van der Waals surface area contributed by atoms with E-state index in [0.29, 0.717) is 16.8 Å². The number of H-pyrrole nitrogens is 1. The SMILES string of the molecule is O=C1Oc2cccc3[nH]c(=O)n(c23)C1c1ccccc1. The number of aromatic amines is 1. The zero-order valence-electron chi connectivity index (χ0n) is 10.4. The number of rotatable bonds is 1. The first-order valence-electron chi connectivity index (χ1n) is 6.25. The molecule has 1 aromatic heterocycles. The molecule has 4 rings (SSSR count). The van der Waals surface area contributed by atoms with Crippen LogP contribution in [-0.2, 0) is 4.79 Å². The molecule has 0 spiro atoms. The summed E-state index contributed by atoms with van der Waals surface area (Å²) in [6.07, 6.45) is 0. The number of imidazole rings is 1. The Kier molecular flexibility index (Phi) is 2.12. The second-order valence-electron chi connectivity index (χ2n) is 4.69. The van der Waals surface area contributed by atoms with Crippen molar-refractivity contribution in [1.82, 2.24) is 9.55 Å². The summed E-state index contributed by atoms with van der Waals surface area (Å²) in [6.45, 7) is 0. The molecular formula is C15H10N2O3.